The molecule has 15 heavy (non-hydrogen) atoms. The number of phenols is 1. The lowest BCUT2D eigenvalue weighted by Crippen LogP contribution is -2.17. The lowest BCUT2D eigenvalue weighted by Gasteiger charge is -2.21. The normalized spacial score (nSPS) is 11.2. The quantitative estimate of drug-likeness (QED) is 0.721. The van der Waals surface area contributed by atoms with E-state index < -0.39 is 0 Å². The number of hydrogen-bond donors (Lipinski definition) is 1. The lowest BCUT2D eigenvalue weighted by molar-refractivity contribution is 0.0598. The van der Waals surface area contributed by atoms with Crippen LogP contribution in [-0.4, -0.2) is 18.2 Å². The van der Waals surface area contributed by atoms with Crippen LogP contribution in [0.1, 0.15) is 36.7 Å². The second kappa shape index (κ2) is 3.93. The van der Waals surface area contributed by atoms with Crippen LogP contribution in [0.15, 0.2) is 18.2 Å². The predicted molar refractivity (Wildman–Crippen MR) is 58.1 cm³/mol. The topological polar surface area (TPSA) is 46.5 Å². The summed E-state index contributed by atoms with van der Waals surface area (Å²) in [6, 6.07) is 4.68. The van der Waals surface area contributed by atoms with Crippen molar-refractivity contribution in [1.82, 2.24) is 0 Å². The van der Waals surface area contributed by atoms with Gasteiger partial charge in [-0.05, 0) is 29.2 Å². The summed E-state index contributed by atoms with van der Waals surface area (Å²) in [5.74, 6) is -0.215. The van der Waals surface area contributed by atoms with Crippen molar-refractivity contribution in [3.05, 3.63) is 29.3 Å². The fraction of sp³-hybridized carbons (Fsp3) is 0.417. The molecule has 3 heteroatoms. The summed E-state index contributed by atoms with van der Waals surface area (Å²) in [4.78, 5) is 11.5. The van der Waals surface area contributed by atoms with Gasteiger partial charge in [-0.15, -0.1) is 0 Å². The maximum atomic E-state index is 11.5. The van der Waals surface area contributed by atoms with E-state index in [0.717, 1.165) is 5.56 Å². The van der Waals surface area contributed by atoms with Crippen LogP contribution in [0.3, 0.4) is 0 Å². The third kappa shape index (κ3) is 2.49. The predicted octanol–water partition coefficient (Wildman–Crippen LogP) is 2.48. The second-order valence-corrected chi connectivity index (χ2v) is 4.47. The molecule has 0 bridgehead atoms. The van der Waals surface area contributed by atoms with Gasteiger partial charge in [0.1, 0.15) is 5.75 Å². The maximum absolute atomic E-state index is 11.5. The van der Waals surface area contributed by atoms with Crippen LogP contribution in [0.25, 0.3) is 0 Å². The van der Waals surface area contributed by atoms with E-state index in [0.29, 0.717) is 5.56 Å². The molecule has 0 aliphatic heterocycles. The Kier molecular flexibility index (Phi) is 3.03. The van der Waals surface area contributed by atoms with Gasteiger partial charge < -0.3 is 9.84 Å². The molecule has 0 aliphatic carbocycles. The molecule has 82 valence electrons. The van der Waals surface area contributed by atoms with Crippen LogP contribution in [-0.2, 0) is 10.2 Å². The molecule has 3 nitrogen and oxygen atoms in total. The minimum Gasteiger partial charge on any atom is -0.508 e. The maximum Gasteiger partial charge on any atom is 0.338 e. The first-order valence-corrected chi connectivity index (χ1v) is 4.78. The van der Waals surface area contributed by atoms with Gasteiger partial charge in [-0.3, -0.25) is 0 Å². The fourth-order valence-electron chi connectivity index (χ4n) is 1.44. The summed E-state index contributed by atoms with van der Waals surface area (Å²) in [6.07, 6.45) is 0. The molecular formula is C12H16O3. The summed E-state index contributed by atoms with van der Waals surface area (Å²) in [5, 5.41) is 9.40. The average molecular weight is 208 g/mol. The highest BCUT2D eigenvalue weighted by atomic mass is 16.5. The number of ether oxygens (including phenoxy) is 1. The molecule has 1 aromatic rings. The van der Waals surface area contributed by atoms with Crippen LogP contribution in [0.2, 0.25) is 0 Å². The first-order valence-electron chi connectivity index (χ1n) is 4.78. The zero-order chi connectivity index (χ0) is 11.6. The van der Waals surface area contributed by atoms with E-state index in [2.05, 4.69) is 0 Å². The van der Waals surface area contributed by atoms with Crippen molar-refractivity contribution in [2.24, 2.45) is 0 Å². The van der Waals surface area contributed by atoms with Crippen molar-refractivity contribution < 1.29 is 14.6 Å². The number of hydrogen-bond acceptors (Lipinski definition) is 3. The number of rotatable bonds is 1. The number of phenolic OH excluding ortho intramolecular Hbond substituents is 1. The molecule has 0 atom stereocenters. The van der Waals surface area contributed by atoms with E-state index in [-0.39, 0.29) is 17.1 Å². The third-order valence-corrected chi connectivity index (χ3v) is 2.22. The zero-order valence-corrected chi connectivity index (χ0v) is 9.50. The van der Waals surface area contributed by atoms with Crippen LogP contribution < -0.4 is 0 Å². The van der Waals surface area contributed by atoms with E-state index in [9.17, 15) is 9.90 Å². The molecule has 0 saturated heterocycles. The molecule has 1 rings (SSSR count). The largest absolute Gasteiger partial charge is 0.508 e. The Morgan fingerprint density at radius 3 is 2.40 bits per heavy atom. The molecule has 0 radical (unpaired) electrons. The first kappa shape index (κ1) is 11.6. The van der Waals surface area contributed by atoms with Crippen LogP contribution in [0.4, 0.5) is 0 Å². The van der Waals surface area contributed by atoms with Gasteiger partial charge in [-0.2, -0.15) is 0 Å². The van der Waals surface area contributed by atoms with Gasteiger partial charge in [0, 0.05) is 0 Å². The van der Waals surface area contributed by atoms with E-state index >= 15 is 0 Å². The van der Waals surface area contributed by atoms with Crippen LogP contribution in [0.5, 0.6) is 5.75 Å². The Morgan fingerprint density at radius 2 is 1.93 bits per heavy atom. The Balaban J connectivity index is 3.33. The van der Waals surface area contributed by atoms with Crippen molar-refractivity contribution >= 4 is 5.97 Å². The number of aromatic hydroxyl groups is 1. The highest BCUT2D eigenvalue weighted by Crippen LogP contribution is 2.29. The summed E-state index contributed by atoms with van der Waals surface area (Å²) in [5.41, 5.74) is 1.08. The van der Waals surface area contributed by atoms with Crippen molar-refractivity contribution in [1.29, 1.82) is 0 Å². The van der Waals surface area contributed by atoms with Crippen molar-refractivity contribution in [2.75, 3.05) is 7.11 Å². The molecule has 1 aromatic carbocycles. The van der Waals surface area contributed by atoms with Crippen LogP contribution >= 0.6 is 0 Å². The van der Waals surface area contributed by atoms with Crippen molar-refractivity contribution in [3.63, 3.8) is 0 Å². The smallest absolute Gasteiger partial charge is 0.338 e. The standard InChI is InChI=1S/C12H16O3/c1-12(2,3)10-7-8(13)5-6-9(10)11(14)15-4/h5-7,13H,1-4H3. The van der Waals surface area contributed by atoms with E-state index in [1.807, 2.05) is 20.8 Å². The highest BCUT2D eigenvalue weighted by Gasteiger charge is 2.22. The molecule has 0 unspecified atom stereocenters. The second-order valence-electron chi connectivity index (χ2n) is 4.47. The van der Waals surface area contributed by atoms with Gasteiger partial charge in [0.15, 0.2) is 0 Å². The van der Waals surface area contributed by atoms with E-state index in [1.165, 1.54) is 13.2 Å². The van der Waals surface area contributed by atoms with Crippen molar-refractivity contribution in [3.8, 4) is 5.75 Å². The Labute approximate surface area is 89.7 Å². The molecule has 0 heterocycles. The van der Waals surface area contributed by atoms with Gasteiger partial charge in [0.2, 0.25) is 0 Å². The van der Waals surface area contributed by atoms with Gasteiger partial charge in [-0.1, -0.05) is 20.8 Å². The number of methoxy groups -OCH3 is 1. The summed E-state index contributed by atoms with van der Waals surface area (Å²) in [7, 11) is 1.35. The number of benzene rings is 1. The minimum absolute atomic E-state index is 0.160. The number of carbonyl (C=O) groups excluding carboxylic acids is 1. The molecule has 0 aliphatic rings. The Hall–Kier alpha value is -1.51. The van der Waals surface area contributed by atoms with Crippen molar-refractivity contribution in [2.45, 2.75) is 26.2 Å². The minimum atomic E-state index is -0.375. The van der Waals surface area contributed by atoms with Gasteiger partial charge in [-0.25, -0.2) is 4.79 Å². The Bertz CT molecular complexity index is 375. The summed E-state index contributed by atoms with van der Waals surface area (Å²) >= 11 is 0. The third-order valence-electron chi connectivity index (χ3n) is 2.22. The lowest BCUT2D eigenvalue weighted by atomic mass is 9.83. The van der Waals surface area contributed by atoms with E-state index in [1.54, 1.807) is 12.1 Å². The zero-order valence-electron chi connectivity index (χ0n) is 9.50. The molecule has 0 amide bonds. The molecular weight excluding hydrogens is 192 g/mol. The van der Waals surface area contributed by atoms with Gasteiger partial charge in [0.05, 0.1) is 12.7 Å². The summed E-state index contributed by atoms with van der Waals surface area (Å²) in [6.45, 7) is 5.94. The van der Waals surface area contributed by atoms with Gasteiger partial charge >= 0.3 is 5.97 Å². The van der Waals surface area contributed by atoms with E-state index in [4.69, 9.17) is 4.74 Å². The molecule has 0 saturated carbocycles. The van der Waals surface area contributed by atoms with Gasteiger partial charge in [0.25, 0.3) is 0 Å². The average Bonchev–Trinajstić information content (AvgIpc) is 2.15. The molecule has 0 spiro atoms. The summed E-state index contributed by atoms with van der Waals surface area (Å²) < 4.78 is 4.69. The fourth-order valence-corrected chi connectivity index (χ4v) is 1.44. The number of esters is 1. The molecule has 1 N–H and O–H groups in total. The van der Waals surface area contributed by atoms with Crippen LogP contribution in [0, 0.1) is 0 Å². The number of carbonyl (C=O) groups is 1. The molecule has 0 fully saturated rings. The first-order chi connectivity index (χ1) is 6.86. The monoisotopic (exact) mass is 208 g/mol. The molecule has 0 aromatic heterocycles. The Morgan fingerprint density at radius 1 is 1.33 bits per heavy atom. The highest BCUT2D eigenvalue weighted by molar-refractivity contribution is 5.91. The SMILES string of the molecule is COC(=O)c1ccc(O)cc1C(C)(C)C.